The van der Waals surface area contributed by atoms with Crippen LogP contribution in [0.4, 0.5) is 5.69 Å². The normalized spacial score (nSPS) is 25.6. The summed E-state index contributed by atoms with van der Waals surface area (Å²) in [5.74, 6) is 0.838. The Morgan fingerprint density at radius 2 is 2.07 bits per heavy atom. The number of thioether (sulfide) groups is 1. The van der Waals surface area contributed by atoms with Crippen LogP contribution in [0.25, 0.3) is 0 Å². The van der Waals surface area contributed by atoms with Crippen molar-refractivity contribution in [2.75, 3.05) is 11.6 Å². The maximum Gasteiger partial charge on any atom is 0.0480 e. The average Bonchev–Trinajstić information content (AvgIpc) is 2.24. The predicted molar refractivity (Wildman–Crippen MR) is 64.0 cm³/mol. The first-order valence-electron chi connectivity index (χ1n) is 5.21. The third-order valence-corrected chi connectivity index (χ3v) is 3.86. The molecule has 0 bridgehead atoms. The number of benzene rings is 1. The Kier molecular flexibility index (Phi) is 3.02. The largest absolute Gasteiger partial charge is 0.381 e. The zero-order valence-corrected chi connectivity index (χ0v) is 9.60. The molecule has 0 spiro atoms. The van der Waals surface area contributed by atoms with Crippen LogP contribution in [-0.2, 0) is 0 Å². The summed E-state index contributed by atoms with van der Waals surface area (Å²) in [5.41, 5.74) is 1.30. The van der Waals surface area contributed by atoms with Gasteiger partial charge in [0.25, 0.3) is 0 Å². The highest BCUT2D eigenvalue weighted by Gasteiger charge is 2.26. The first-order chi connectivity index (χ1) is 6.81. The van der Waals surface area contributed by atoms with Gasteiger partial charge in [-0.25, -0.2) is 0 Å². The summed E-state index contributed by atoms with van der Waals surface area (Å²) in [6.07, 6.45) is 4.83. The SMILES string of the molecule is CSc1ccccc1NC1CCC1C. The molecule has 76 valence electrons. The van der Waals surface area contributed by atoms with Crippen molar-refractivity contribution in [1.29, 1.82) is 0 Å². The topological polar surface area (TPSA) is 12.0 Å². The lowest BCUT2D eigenvalue weighted by Crippen LogP contribution is -2.36. The molecule has 2 unspecified atom stereocenters. The first kappa shape index (κ1) is 9.91. The number of rotatable bonds is 3. The van der Waals surface area contributed by atoms with Crippen molar-refractivity contribution in [3.63, 3.8) is 0 Å². The van der Waals surface area contributed by atoms with E-state index in [4.69, 9.17) is 0 Å². The molecule has 2 heteroatoms. The molecule has 14 heavy (non-hydrogen) atoms. The lowest BCUT2D eigenvalue weighted by Gasteiger charge is -2.35. The standard InChI is InChI=1S/C12H17NS/c1-9-7-8-10(9)13-11-5-3-4-6-12(11)14-2/h3-6,9-10,13H,7-8H2,1-2H3. The van der Waals surface area contributed by atoms with E-state index in [9.17, 15) is 0 Å². The molecule has 1 aliphatic carbocycles. The van der Waals surface area contributed by atoms with Gasteiger partial charge in [0, 0.05) is 16.6 Å². The molecule has 2 rings (SSSR count). The lowest BCUT2D eigenvalue weighted by molar-refractivity contribution is 0.303. The van der Waals surface area contributed by atoms with Crippen LogP contribution >= 0.6 is 11.8 Å². The molecular weight excluding hydrogens is 190 g/mol. The second kappa shape index (κ2) is 4.26. The number of hydrogen-bond acceptors (Lipinski definition) is 2. The van der Waals surface area contributed by atoms with E-state index in [0.717, 1.165) is 5.92 Å². The van der Waals surface area contributed by atoms with Crippen LogP contribution in [-0.4, -0.2) is 12.3 Å². The van der Waals surface area contributed by atoms with Gasteiger partial charge in [-0.15, -0.1) is 11.8 Å². The molecule has 2 atom stereocenters. The van der Waals surface area contributed by atoms with E-state index in [1.807, 2.05) is 11.8 Å². The molecule has 0 saturated heterocycles. The first-order valence-corrected chi connectivity index (χ1v) is 6.43. The van der Waals surface area contributed by atoms with Crippen molar-refractivity contribution in [3.05, 3.63) is 24.3 Å². The second-order valence-electron chi connectivity index (χ2n) is 4.01. The number of hydrogen-bond donors (Lipinski definition) is 1. The minimum absolute atomic E-state index is 0.697. The van der Waals surface area contributed by atoms with Crippen molar-refractivity contribution in [2.24, 2.45) is 5.92 Å². The highest BCUT2D eigenvalue weighted by atomic mass is 32.2. The van der Waals surface area contributed by atoms with Crippen LogP contribution in [0.2, 0.25) is 0 Å². The maximum atomic E-state index is 3.63. The molecule has 1 aliphatic rings. The van der Waals surface area contributed by atoms with Crippen molar-refractivity contribution >= 4 is 17.4 Å². The van der Waals surface area contributed by atoms with Gasteiger partial charge < -0.3 is 5.32 Å². The Hall–Kier alpha value is -0.630. The van der Waals surface area contributed by atoms with Gasteiger partial charge in [-0.1, -0.05) is 19.1 Å². The summed E-state index contributed by atoms with van der Waals surface area (Å²) in [6, 6.07) is 9.25. The van der Waals surface area contributed by atoms with E-state index in [1.165, 1.54) is 23.4 Å². The molecule has 1 aromatic carbocycles. The Morgan fingerprint density at radius 1 is 1.29 bits per heavy atom. The van der Waals surface area contributed by atoms with E-state index in [2.05, 4.69) is 42.8 Å². The number of para-hydroxylation sites is 1. The Balaban J connectivity index is 2.07. The van der Waals surface area contributed by atoms with Crippen LogP contribution in [0.1, 0.15) is 19.8 Å². The fraction of sp³-hybridized carbons (Fsp3) is 0.500. The van der Waals surface area contributed by atoms with Crippen molar-refractivity contribution in [2.45, 2.75) is 30.7 Å². The van der Waals surface area contributed by atoms with Crippen LogP contribution in [0.15, 0.2) is 29.2 Å². The summed E-state index contributed by atoms with van der Waals surface area (Å²) in [7, 11) is 0. The molecule has 0 radical (unpaired) electrons. The summed E-state index contributed by atoms with van der Waals surface area (Å²) >= 11 is 1.81. The minimum atomic E-state index is 0.697. The summed E-state index contributed by atoms with van der Waals surface area (Å²) in [5, 5.41) is 3.63. The Morgan fingerprint density at radius 3 is 2.64 bits per heavy atom. The second-order valence-corrected chi connectivity index (χ2v) is 4.85. The van der Waals surface area contributed by atoms with Gasteiger partial charge in [-0.3, -0.25) is 0 Å². The highest BCUT2D eigenvalue weighted by molar-refractivity contribution is 7.98. The highest BCUT2D eigenvalue weighted by Crippen LogP contribution is 2.32. The molecule has 0 aliphatic heterocycles. The predicted octanol–water partition coefficient (Wildman–Crippen LogP) is 3.62. The van der Waals surface area contributed by atoms with Gasteiger partial charge in [-0.2, -0.15) is 0 Å². The van der Waals surface area contributed by atoms with Gasteiger partial charge >= 0.3 is 0 Å². The van der Waals surface area contributed by atoms with Crippen LogP contribution in [0.3, 0.4) is 0 Å². The van der Waals surface area contributed by atoms with Gasteiger partial charge in [0.15, 0.2) is 0 Å². The molecule has 1 fully saturated rings. The van der Waals surface area contributed by atoms with E-state index in [0.29, 0.717) is 6.04 Å². The van der Waals surface area contributed by atoms with E-state index >= 15 is 0 Å². The Bertz CT molecular complexity index is 311. The third-order valence-electron chi connectivity index (χ3n) is 3.07. The Labute approximate surface area is 90.3 Å². The fourth-order valence-corrected chi connectivity index (χ4v) is 2.41. The quantitative estimate of drug-likeness (QED) is 0.760. The van der Waals surface area contributed by atoms with Crippen molar-refractivity contribution < 1.29 is 0 Å². The van der Waals surface area contributed by atoms with Crippen LogP contribution in [0.5, 0.6) is 0 Å². The zero-order valence-electron chi connectivity index (χ0n) is 8.79. The fourth-order valence-electron chi connectivity index (χ4n) is 1.84. The van der Waals surface area contributed by atoms with E-state index in [1.54, 1.807) is 0 Å². The number of nitrogens with one attached hydrogen (secondary N) is 1. The lowest BCUT2D eigenvalue weighted by atomic mass is 9.81. The van der Waals surface area contributed by atoms with Gasteiger partial charge in [-0.05, 0) is 37.1 Å². The number of anilines is 1. The summed E-state index contributed by atoms with van der Waals surface area (Å²) in [4.78, 5) is 1.35. The van der Waals surface area contributed by atoms with Crippen LogP contribution < -0.4 is 5.32 Å². The molecule has 1 saturated carbocycles. The molecule has 0 heterocycles. The summed E-state index contributed by atoms with van der Waals surface area (Å²) in [6.45, 7) is 2.32. The minimum Gasteiger partial charge on any atom is -0.381 e. The molecular formula is C12H17NS. The maximum absolute atomic E-state index is 3.63. The van der Waals surface area contributed by atoms with E-state index in [-0.39, 0.29) is 0 Å². The molecule has 1 aromatic rings. The summed E-state index contributed by atoms with van der Waals surface area (Å²) < 4.78 is 0. The van der Waals surface area contributed by atoms with Crippen molar-refractivity contribution in [1.82, 2.24) is 0 Å². The van der Waals surface area contributed by atoms with Gasteiger partial charge in [0.1, 0.15) is 0 Å². The molecule has 0 amide bonds. The monoisotopic (exact) mass is 207 g/mol. The molecule has 0 aromatic heterocycles. The third kappa shape index (κ3) is 1.90. The van der Waals surface area contributed by atoms with Gasteiger partial charge in [0.05, 0.1) is 0 Å². The van der Waals surface area contributed by atoms with Crippen LogP contribution in [0, 0.1) is 5.92 Å². The van der Waals surface area contributed by atoms with Gasteiger partial charge in [0.2, 0.25) is 0 Å². The molecule has 1 nitrogen and oxygen atoms in total. The molecule has 1 N–H and O–H groups in total. The van der Waals surface area contributed by atoms with E-state index < -0.39 is 0 Å². The zero-order chi connectivity index (χ0) is 9.97. The smallest absolute Gasteiger partial charge is 0.0480 e. The average molecular weight is 207 g/mol. The van der Waals surface area contributed by atoms with Crippen molar-refractivity contribution in [3.8, 4) is 0 Å².